The summed E-state index contributed by atoms with van der Waals surface area (Å²) in [6, 6.07) is 1.69. The first-order chi connectivity index (χ1) is 21.0. The third-order valence-electron chi connectivity index (χ3n) is 8.37. The standard InChI is InChI=1S/C30H27ClF3N7O3/c1-13-14(2)28(40-10-16-6-19(16)30(40)44)36-8-20(13)15(3)41-11-17(7-37-41)38-29(43)26-23(12-42)35-9-22(39-26)24-18(27(33)34)4-5-21(31)25(24)32/h4-5,7-9,11,15-16,19,27,42H,6,10,12H2,1-3H3,(H,38,43)/t15-,16-,19-/m1/s1. The van der Waals surface area contributed by atoms with Crippen LogP contribution in [-0.2, 0) is 11.4 Å². The Labute approximate surface area is 254 Å². The Morgan fingerprint density at radius 2 is 1.93 bits per heavy atom. The van der Waals surface area contributed by atoms with E-state index in [2.05, 4.69) is 25.4 Å². The monoisotopic (exact) mass is 625 g/mol. The lowest BCUT2D eigenvalue weighted by Gasteiger charge is -2.23. The highest BCUT2D eigenvalue weighted by atomic mass is 35.5. The number of aliphatic hydroxyl groups is 1. The number of hydrogen-bond donors (Lipinski definition) is 2. The zero-order valence-corrected chi connectivity index (χ0v) is 24.6. The highest BCUT2D eigenvalue weighted by molar-refractivity contribution is 6.31. The molecular weight excluding hydrogens is 599 g/mol. The van der Waals surface area contributed by atoms with E-state index in [0.717, 1.165) is 41.4 Å². The van der Waals surface area contributed by atoms with Crippen molar-refractivity contribution in [3.63, 3.8) is 0 Å². The van der Waals surface area contributed by atoms with Crippen molar-refractivity contribution in [3.05, 3.63) is 81.4 Å². The quantitative estimate of drug-likeness (QED) is 0.268. The number of nitrogens with zero attached hydrogens (tertiary/aromatic N) is 6. The lowest BCUT2D eigenvalue weighted by Crippen LogP contribution is -2.30. The molecule has 0 radical (unpaired) electrons. The minimum atomic E-state index is -3.05. The van der Waals surface area contributed by atoms with Crippen LogP contribution in [0.15, 0.2) is 36.9 Å². The molecule has 1 aromatic carbocycles. The zero-order valence-electron chi connectivity index (χ0n) is 23.9. The maximum absolute atomic E-state index is 14.9. The van der Waals surface area contributed by atoms with Crippen LogP contribution < -0.4 is 10.2 Å². The topological polar surface area (TPSA) is 126 Å². The summed E-state index contributed by atoms with van der Waals surface area (Å²) in [5.41, 5.74) is 0.905. The molecule has 2 N–H and O–H groups in total. The zero-order chi connectivity index (χ0) is 31.4. The van der Waals surface area contributed by atoms with Gasteiger partial charge in [0.05, 0.1) is 47.1 Å². The third-order valence-corrected chi connectivity index (χ3v) is 8.67. The van der Waals surface area contributed by atoms with E-state index in [4.69, 9.17) is 11.6 Å². The fraction of sp³-hybridized carbons (Fsp3) is 0.333. The summed E-state index contributed by atoms with van der Waals surface area (Å²) < 4.78 is 43.8. The van der Waals surface area contributed by atoms with Crippen molar-refractivity contribution in [1.82, 2.24) is 24.7 Å². The van der Waals surface area contributed by atoms with Crippen LogP contribution in [0.2, 0.25) is 5.02 Å². The number of rotatable bonds is 8. The van der Waals surface area contributed by atoms with Crippen molar-refractivity contribution in [2.75, 3.05) is 16.8 Å². The normalized spacial score (nSPS) is 18.1. The van der Waals surface area contributed by atoms with Crippen molar-refractivity contribution in [3.8, 4) is 11.3 Å². The van der Waals surface area contributed by atoms with Gasteiger partial charge in [-0.05, 0) is 55.9 Å². The average Bonchev–Trinajstić information content (AvgIpc) is 3.50. The van der Waals surface area contributed by atoms with Crippen molar-refractivity contribution >= 4 is 34.9 Å². The van der Waals surface area contributed by atoms with Crippen molar-refractivity contribution in [1.29, 1.82) is 0 Å². The SMILES string of the molecule is Cc1c([C@@H](C)n2cc(NC(=O)c3nc(-c4c(C(F)F)ccc(Cl)c4F)cnc3CO)cn2)cnc(N2C[C@H]3C[C@H]3C2=O)c1C. The highest BCUT2D eigenvalue weighted by Crippen LogP contribution is 2.47. The number of pyridine rings is 1. The van der Waals surface area contributed by atoms with Crippen LogP contribution in [0, 0.1) is 31.5 Å². The van der Waals surface area contributed by atoms with Gasteiger partial charge in [-0.25, -0.2) is 23.1 Å². The molecule has 0 bridgehead atoms. The van der Waals surface area contributed by atoms with Crippen LogP contribution >= 0.6 is 11.6 Å². The molecule has 1 saturated heterocycles. The Balaban J connectivity index is 1.24. The number of aliphatic hydroxyl groups excluding tert-OH is 1. The molecule has 4 aromatic rings. The van der Waals surface area contributed by atoms with Gasteiger partial charge < -0.3 is 10.4 Å². The van der Waals surface area contributed by atoms with Gasteiger partial charge in [0, 0.05) is 36.0 Å². The largest absolute Gasteiger partial charge is 0.390 e. The molecule has 3 atom stereocenters. The molecule has 0 unspecified atom stereocenters. The minimum Gasteiger partial charge on any atom is -0.390 e. The van der Waals surface area contributed by atoms with Gasteiger partial charge in [-0.1, -0.05) is 17.7 Å². The van der Waals surface area contributed by atoms with Gasteiger partial charge in [0.1, 0.15) is 5.82 Å². The van der Waals surface area contributed by atoms with E-state index in [9.17, 15) is 27.9 Å². The molecule has 10 nitrogen and oxygen atoms in total. The first-order valence-electron chi connectivity index (χ1n) is 13.9. The summed E-state index contributed by atoms with van der Waals surface area (Å²) in [4.78, 5) is 40.3. The van der Waals surface area contributed by atoms with E-state index in [1.54, 1.807) is 22.0 Å². The summed E-state index contributed by atoms with van der Waals surface area (Å²) in [5, 5.41) is 16.4. The van der Waals surface area contributed by atoms with Gasteiger partial charge in [-0.15, -0.1) is 0 Å². The van der Waals surface area contributed by atoms with E-state index >= 15 is 0 Å². The van der Waals surface area contributed by atoms with Crippen LogP contribution in [0.1, 0.15) is 64.2 Å². The van der Waals surface area contributed by atoms with E-state index in [1.807, 2.05) is 20.8 Å². The Hall–Kier alpha value is -4.36. The number of alkyl halides is 2. The number of carbonyl (C=O) groups excluding carboxylic acids is 2. The number of carbonyl (C=O) groups is 2. The molecule has 44 heavy (non-hydrogen) atoms. The number of piperidine rings is 1. The number of amides is 2. The van der Waals surface area contributed by atoms with E-state index in [-0.39, 0.29) is 40.6 Å². The Bertz CT molecular complexity index is 1810. The summed E-state index contributed by atoms with van der Waals surface area (Å²) in [7, 11) is 0. The van der Waals surface area contributed by atoms with Gasteiger partial charge in [-0.3, -0.25) is 24.2 Å². The van der Waals surface area contributed by atoms with Gasteiger partial charge >= 0.3 is 0 Å². The maximum atomic E-state index is 14.9. The second-order valence-corrected chi connectivity index (χ2v) is 11.4. The summed E-state index contributed by atoms with van der Waals surface area (Å²) in [6.45, 7) is 5.83. The Kier molecular flexibility index (Phi) is 7.62. The number of aromatic nitrogens is 5. The van der Waals surface area contributed by atoms with Crippen LogP contribution in [0.4, 0.5) is 24.7 Å². The summed E-state index contributed by atoms with van der Waals surface area (Å²) in [5.74, 6) is -0.592. The van der Waals surface area contributed by atoms with Gasteiger partial charge in [0.15, 0.2) is 11.5 Å². The second-order valence-electron chi connectivity index (χ2n) is 11.0. The molecule has 4 heterocycles. The van der Waals surface area contributed by atoms with Crippen LogP contribution in [0.3, 0.4) is 0 Å². The molecular formula is C30H27ClF3N7O3. The molecule has 1 saturated carbocycles. The van der Waals surface area contributed by atoms with Gasteiger partial charge in [0.25, 0.3) is 12.3 Å². The van der Waals surface area contributed by atoms with Crippen LogP contribution in [-0.4, -0.2) is 48.2 Å². The molecule has 1 aliphatic heterocycles. The van der Waals surface area contributed by atoms with E-state index < -0.39 is 40.9 Å². The average molecular weight is 626 g/mol. The van der Waals surface area contributed by atoms with E-state index in [1.165, 1.54) is 6.20 Å². The summed E-state index contributed by atoms with van der Waals surface area (Å²) >= 11 is 5.83. The smallest absolute Gasteiger partial charge is 0.276 e. The fourth-order valence-electron chi connectivity index (χ4n) is 5.66. The lowest BCUT2D eigenvalue weighted by molar-refractivity contribution is -0.118. The third kappa shape index (κ3) is 5.09. The van der Waals surface area contributed by atoms with Crippen molar-refractivity contribution < 1.29 is 27.9 Å². The lowest BCUT2D eigenvalue weighted by atomic mass is 10.0. The number of fused-ring (bicyclic) bond motifs is 1. The molecule has 2 amide bonds. The molecule has 228 valence electrons. The van der Waals surface area contributed by atoms with Gasteiger partial charge in [-0.2, -0.15) is 5.10 Å². The minimum absolute atomic E-state index is 0.128. The Morgan fingerprint density at radius 3 is 2.61 bits per heavy atom. The molecule has 6 rings (SSSR count). The highest BCUT2D eigenvalue weighted by Gasteiger charge is 2.53. The molecule has 2 fully saturated rings. The summed E-state index contributed by atoms with van der Waals surface area (Å²) in [6.07, 6.45) is 3.64. The molecule has 1 aliphatic carbocycles. The predicted molar refractivity (Wildman–Crippen MR) is 155 cm³/mol. The molecule has 0 spiro atoms. The van der Waals surface area contributed by atoms with Crippen molar-refractivity contribution in [2.24, 2.45) is 11.8 Å². The fourth-order valence-corrected chi connectivity index (χ4v) is 5.81. The predicted octanol–water partition coefficient (Wildman–Crippen LogP) is 5.42. The van der Waals surface area contributed by atoms with Gasteiger partial charge in [0.2, 0.25) is 5.91 Å². The van der Waals surface area contributed by atoms with Crippen LogP contribution in [0.5, 0.6) is 0 Å². The number of halogens is 4. The van der Waals surface area contributed by atoms with E-state index in [0.29, 0.717) is 18.3 Å². The number of hydrogen-bond acceptors (Lipinski definition) is 7. The molecule has 3 aromatic heterocycles. The Morgan fingerprint density at radius 1 is 1.16 bits per heavy atom. The first-order valence-corrected chi connectivity index (χ1v) is 14.2. The maximum Gasteiger partial charge on any atom is 0.276 e. The molecule has 14 heteroatoms. The number of benzene rings is 1. The number of nitrogens with one attached hydrogen (secondary N) is 1. The second kappa shape index (κ2) is 11.3. The molecule has 2 aliphatic rings. The van der Waals surface area contributed by atoms with Crippen LogP contribution in [0.25, 0.3) is 11.3 Å². The first kappa shape index (κ1) is 29.7. The van der Waals surface area contributed by atoms with Crippen molar-refractivity contribution in [2.45, 2.75) is 46.3 Å². The number of anilines is 2.